The molecule has 2 aromatic rings. The zero-order valence-corrected chi connectivity index (χ0v) is 12.3. The molecule has 0 aliphatic heterocycles. The second kappa shape index (κ2) is 7.60. The van der Waals surface area contributed by atoms with Crippen molar-refractivity contribution in [1.29, 1.82) is 0 Å². The lowest BCUT2D eigenvalue weighted by Gasteiger charge is -2.06. The van der Waals surface area contributed by atoms with Crippen LogP contribution < -0.4 is 5.43 Å². The SMILES string of the molecule is CCCC/C(=N\NC(=O)c1cccs1)c1ccccc1. The van der Waals surface area contributed by atoms with Gasteiger partial charge in [-0.1, -0.05) is 49.7 Å². The van der Waals surface area contributed by atoms with Gasteiger partial charge in [0.15, 0.2) is 0 Å². The molecule has 20 heavy (non-hydrogen) atoms. The average molecular weight is 286 g/mol. The average Bonchev–Trinajstić information content (AvgIpc) is 3.02. The monoisotopic (exact) mass is 286 g/mol. The van der Waals surface area contributed by atoms with E-state index in [-0.39, 0.29) is 5.91 Å². The first kappa shape index (κ1) is 14.5. The van der Waals surface area contributed by atoms with E-state index in [1.54, 1.807) is 6.07 Å². The lowest BCUT2D eigenvalue weighted by Crippen LogP contribution is -2.19. The van der Waals surface area contributed by atoms with E-state index in [0.29, 0.717) is 4.88 Å². The lowest BCUT2D eigenvalue weighted by atomic mass is 10.1. The highest BCUT2D eigenvalue weighted by Crippen LogP contribution is 2.10. The number of hydrogen-bond acceptors (Lipinski definition) is 3. The number of rotatable bonds is 6. The van der Waals surface area contributed by atoms with E-state index < -0.39 is 0 Å². The van der Waals surface area contributed by atoms with Crippen LogP contribution in [-0.4, -0.2) is 11.6 Å². The molecule has 0 unspecified atom stereocenters. The number of carbonyl (C=O) groups is 1. The number of amides is 1. The Hall–Kier alpha value is -1.94. The molecule has 1 N–H and O–H groups in total. The zero-order chi connectivity index (χ0) is 14.2. The van der Waals surface area contributed by atoms with Crippen molar-refractivity contribution in [1.82, 2.24) is 5.43 Å². The van der Waals surface area contributed by atoms with Gasteiger partial charge >= 0.3 is 0 Å². The summed E-state index contributed by atoms with van der Waals surface area (Å²) in [6.07, 6.45) is 3.03. The van der Waals surface area contributed by atoms with Crippen LogP contribution in [0.4, 0.5) is 0 Å². The van der Waals surface area contributed by atoms with Crippen LogP contribution in [0, 0.1) is 0 Å². The molecule has 1 amide bonds. The Kier molecular flexibility index (Phi) is 5.50. The fourth-order valence-corrected chi connectivity index (χ4v) is 2.43. The van der Waals surface area contributed by atoms with Crippen molar-refractivity contribution in [3.05, 3.63) is 58.3 Å². The van der Waals surface area contributed by atoms with E-state index in [0.717, 1.165) is 30.5 Å². The largest absolute Gasteiger partial charge is 0.281 e. The van der Waals surface area contributed by atoms with Gasteiger partial charge < -0.3 is 0 Å². The second-order valence-corrected chi connectivity index (χ2v) is 5.39. The first-order valence-corrected chi connectivity index (χ1v) is 7.65. The molecule has 1 heterocycles. The first-order chi connectivity index (χ1) is 9.81. The number of hydrogen-bond donors (Lipinski definition) is 1. The highest BCUT2D eigenvalue weighted by Gasteiger charge is 2.07. The van der Waals surface area contributed by atoms with Gasteiger partial charge in [0.2, 0.25) is 0 Å². The summed E-state index contributed by atoms with van der Waals surface area (Å²) in [5.74, 6) is -0.148. The molecule has 0 saturated carbocycles. The van der Waals surface area contributed by atoms with E-state index >= 15 is 0 Å². The van der Waals surface area contributed by atoms with Gasteiger partial charge in [-0.05, 0) is 29.9 Å². The Labute approximate surface area is 123 Å². The number of hydrazone groups is 1. The van der Waals surface area contributed by atoms with Gasteiger partial charge in [-0.2, -0.15) is 5.10 Å². The molecule has 0 atom stereocenters. The summed E-state index contributed by atoms with van der Waals surface area (Å²) in [7, 11) is 0. The van der Waals surface area contributed by atoms with Crippen molar-refractivity contribution in [3.8, 4) is 0 Å². The van der Waals surface area contributed by atoms with Crippen LogP contribution in [0.3, 0.4) is 0 Å². The molecule has 3 nitrogen and oxygen atoms in total. The maximum atomic E-state index is 11.9. The molecule has 0 radical (unpaired) electrons. The van der Waals surface area contributed by atoms with Gasteiger partial charge in [-0.3, -0.25) is 4.79 Å². The Bertz CT molecular complexity index is 561. The fraction of sp³-hybridized carbons (Fsp3) is 0.250. The van der Waals surface area contributed by atoms with Gasteiger partial charge in [-0.25, -0.2) is 5.43 Å². The van der Waals surface area contributed by atoms with Crippen molar-refractivity contribution < 1.29 is 4.79 Å². The molecule has 0 saturated heterocycles. The van der Waals surface area contributed by atoms with E-state index in [4.69, 9.17) is 0 Å². The van der Waals surface area contributed by atoms with Gasteiger partial charge in [0.25, 0.3) is 5.91 Å². The number of nitrogens with zero attached hydrogens (tertiary/aromatic N) is 1. The molecule has 0 fully saturated rings. The number of nitrogens with one attached hydrogen (secondary N) is 1. The summed E-state index contributed by atoms with van der Waals surface area (Å²) >= 11 is 1.42. The summed E-state index contributed by atoms with van der Waals surface area (Å²) in [6, 6.07) is 13.6. The maximum absolute atomic E-state index is 11.9. The molecule has 1 aromatic carbocycles. The van der Waals surface area contributed by atoms with Crippen LogP contribution in [0.2, 0.25) is 0 Å². The van der Waals surface area contributed by atoms with Crippen molar-refractivity contribution >= 4 is 23.0 Å². The molecule has 4 heteroatoms. The number of carbonyl (C=O) groups excluding carboxylic acids is 1. The van der Waals surface area contributed by atoms with Gasteiger partial charge in [0.05, 0.1) is 10.6 Å². The minimum atomic E-state index is -0.148. The molecular formula is C16H18N2OS. The number of thiophene rings is 1. The molecule has 0 bridgehead atoms. The zero-order valence-electron chi connectivity index (χ0n) is 11.5. The normalized spacial score (nSPS) is 11.3. The fourth-order valence-electron chi connectivity index (χ4n) is 1.82. The minimum Gasteiger partial charge on any atom is -0.266 e. The first-order valence-electron chi connectivity index (χ1n) is 6.77. The summed E-state index contributed by atoms with van der Waals surface area (Å²) < 4.78 is 0. The van der Waals surface area contributed by atoms with Gasteiger partial charge in [-0.15, -0.1) is 11.3 Å². The third kappa shape index (κ3) is 4.03. The molecule has 0 spiro atoms. The predicted octanol–water partition coefficient (Wildman–Crippen LogP) is 4.07. The molecule has 1 aromatic heterocycles. The maximum Gasteiger partial charge on any atom is 0.281 e. The van der Waals surface area contributed by atoms with Gasteiger partial charge in [0, 0.05) is 0 Å². The van der Waals surface area contributed by atoms with Crippen LogP contribution in [0.1, 0.15) is 41.4 Å². The van der Waals surface area contributed by atoms with Crippen molar-refractivity contribution in [2.75, 3.05) is 0 Å². The Morgan fingerprint density at radius 2 is 2.00 bits per heavy atom. The summed E-state index contributed by atoms with van der Waals surface area (Å²) in [6.45, 7) is 2.15. The van der Waals surface area contributed by atoms with Crippen LogP contribution in [0.5, 0.6) is 0 Å². The highest BCUT2D eigenvalue weighted by molar-refractivity contribution is 7.12. The standard InChI is InChI=1S/C16H18N2OS/c1-2-3-10-14(13-8-5-4-6-9-13)17-18-16(19)15-11-7-12-20-15/h4-9,11-12H,2-3,10H2,1H3,(H,18,19)/b17-14+. The molecule has 2 rings (SSSR count). The van der Waals surface area contributed by atoms with Crippen molar-refractivity contribution in [3.63, 3.8) is 0 Å². The van der Waals surface area contributed by atoms with Crippen LogP contribution >= 0.6 is 11.3 Å². The molecular weight excluding hydrogens is 268 g/mol. The third-order valence-corrected chi connectivity index (χ3v) is 3.78. The van der Waals surface area contributed by atoms with Crippen molar-refractivity contribution in [2.45, 2.75) is 26.2 Å². The van der Waals surface area contributed by atoms with Crippen LogP contribution in [0.15, 0.2) is 52.9 Å². The Morgan fingerprint density at radius 3 is 2.65 bits per heavy atom. The van der Waals surface area contributed by atoms with Gasteiger partial charge in [0.1, 0.15) is 0 Å². The van der Waals surface area contributed by atoms with E-state index in [1.807, 2.05) is 41.8 Å². The molecule has 104 valence electrons. The van der Waals surface area contributed by atoms with E-state index in [9.17, 15) is 4.79 Å². The number of unbranched alkanes of at least 4 members (excludes halogenated alkanes) is 1. The summed E-state index contributed by atoms with van der Waals surface area (Å²) in [5.41, 5.74) is 4.64. The Balaban J connectivity index is 2.10. The molecule has 0 aliphatic carbocycles. The molecule has 0 aliphatic rings. The smallest absolute Gasteiger partial charge is 0.266 e. The third-order valence-electron chi connectivity index (χ3n) is 2.91. The summed E-state index contributed by atoms with van der Waals surface area (Å²) in [4.78, 5) is 12.6. The lowest BCUT2D eigenvalue weighted by molar-refractivity contribution is 0.0959. The quantitative estimate of drug-likeness (QED) is 0.631. The topological polar surface area (TPSA) is 41.5 Å². The predicted molar refractivity (Wildman–Crippen MR) is 84.3 cm³/mol. The van der Waals surface area contributed by atoms with E-state index in [1.165, 1.54) is 11.3 Å². The van der Waals surface area contributed by atoms with Crippen molar-refractivity contribution in [2.24, 2.45) is 5.10 Å². The highest BCUT2D eigenvalue weighted by atomic mass is 32.1. The summed E-state index contributed by atoms with van der Waals surface area (Å²) in [5, 5.41) is 6.19. The second-order valence-electron chi connectivity index (χ2n) is 4.45. The van der Waals surface area contributed by atoms with E-state index in [2.05, 4.69) is 17.5 Å². The Morgan fingerprint density at radius 1 is 1.20 bits per heavy atom. The number of benzene rings is 1. The minimum absolute atomic E-state index is 0.148. The van der Waals surface area contributed by atoms with Crippen LogP contribution in [-0.2, 0) is 0 Å². The van der Waals surface area contributed by atoms with Crippen LogP contribution in [0.25, 0.3) is 0 Å².